The van der Waals surface area contributed by atoms with E-state index in [1.54, 1.807) is 6.07 Å². The van der Waals surface area contributed by atoms with Crippen LogP contribution in [-0.2, 0) is 0 Å². The van der Waals surface area contributed by atoms with Crippen LogP contribution in [0, 0.1) is 0 Å². The first-order valence-corrected chi connectivity index (χ1v) is 7.77. The molecule has 0 heterocycles. The molecule has 0 amide bonds. The molecule has 0 aliphatic rings. The van der Waals surface area contributed by atoms with Crippen LogP contribution >= 0.6 is 0 Å². The molecule has 0 unspecified atom stereocenters. The van der Waals surface area contributed by atoms with Crippen molar-refractivity contribution in [2.24, 2.45) is 0 Å². The number of hydrogen-bond donors (Lipinski definition) is 0. The molecule has 0 atom stereocenters. The lowest BCUT2D eigenvalue weighted by Gasteiger charge is -2.17. The van der Waals surface area contributed by atoms with Gasteiger partial charge in [-0.2, -0.15) is 8.78 Å². The largest absolute Gasteiger partial charge is 0.434 e. The van der Waals surface area contributed by atoms with Crippen molar-refractivity contribution in [3.05, 3.63) is 66.7 Å². The average Bonchev–Trinajstić information content (AvgIpc) is 2.60. The minimum Gasteiger partial charge on any atom is -0.434 e. The van der Waals surface area contributed by atoms with Gasteiger partial charge >= 0.3 is 6.61 Å². The van der Waals surface area contributed by atoms with Gasteiger partial charge in [-0.05, 0) is 38.4 Å². The maximum Gasteiger partial charge on any atom is 0.387 e. The van der Waals surface area contributed by atoms with Crippen LogP contribution in [0.3, 0.4) is 0 Å². The van der Waals surface area contributed by atoms with E-state index in [1.165, 1.54) is 0 Å². The molecule has 0 aliphatic carbocycles. The second kappa shape index (κ2) is 4.78. The molecule has 5 aromatic rings. The number of rotatable bonds is 2. The highest BCUT2D eigenvalue weighted by Crippen LogP contribution is 2.44. The van der Waals surface area contributed by atoms with Crippen LogP contribution < -0.4 is 4.74 Å². The van der Waals surface area contributed by atoms with E-state index < -0.39 is 6.61 Å². The summed E-state index contributed by atoms with van der Waals surface area (Å²) in [6.07, 6.45) is 0. The minimum absolute atomic E-state index is 0.229. The van der Waals surface area contributed by atoms with Crippen LogP contribution in [0.15, 0.2) is 66.7 Å². The van der Waals surface area contributed by atoms with Crippen molar-refractivity contribution in [1.82, 2.24) is 0 Å². The lowest BCUT2D eigenvalue weighted by atomic mass is 9.89. The Morgan fingerprint density at radius 3 is 2.00 bits per heavy atom. The Balaban J connectivity index is 2.15. The molecular formula is C21H12F2O. The molecule has 0 saturated heterocycles. The SMILES string of the molecule is FC(F)Oc1ccc2ccc3cccc4c5ccccc5c1c2c34. The molecule has 0 aliphatic heterocycles. The zero-order chi connectivity index (χ0) is 16.3. The predicted molar refractivity (Wildman–Crippen MR) is 94.3 cm³/mol. The Bertz CT molecular complexity index is 1210. The number of ether oxygens (including phenoxy) is 1. The van der Waals surface area contributed by atoms with Crippen LogP contribution in [0.5, 0.6) is 5.75 Å². The Labute approximate surface area is 136 Å². The summed E-state index contributed by atoms with van der Waals surface area (Å²) in [4.78, 5) is 0. The summed E-state index contributed by atoms with van der Waals surface area (Å²) < 4.78 is 30.7. The highest BCUT2D eigenvalue weighted by atomic mass is 19.3. The zero-order valence-corrected chi connectivity index (χ0v) is 12.6. The summed E-state index contributed by atoms with van der Waals surface area (Å²) in [5.74, 6) is 0.229. The number of alkyl halides is 2. The fourth-order valence-electron chi connectivity index (χ4n) is 3.80. The van der Waals surface area contributed by atoms with E-state index in [-0.39, 0.29) is 5.75 Å². The van der Waals surface area contributed by atoms with E-state index >= 15 is 0 Å². The van der Waals surface area contributed by atoms with Gasteiger partial charge in [0.15, 0.2) is 0 Å². The molecule has 1 nitrogen and oxygen atoms in total. The Hall–Kier alpha value is -2.94. The van der Waals surface area contributed by atoms with E-state index in [1.807, 2.05) is 42.5 Å². The average molecular weight is 318 g/mol. The summed E-state index contributed by atoms with van der Waals surface area (Å²) >= 11 is 0. The third kappa shape index (κ3) is 1.72. The number of hydrogen-bond acceptors (Lipinski definition) is 1. The van der Waals surface area contributed by atoms with Gasteiger partial charge in [-0.3, -0.25) is 0 Å². The summed E-state index contributed by atoms with van der Waals surface area (Å²) in [5, 5.41) is 8.09. The van der Waals surface area contributed by atoms with Crippen molar-refractivity contribution < 1.29 is 13.5 Å². The Morgan fingerprint density at radius 2 is 1.21 bits per heavy atom. The quantitative estimate of drug-likeness (QED) is 0.273. The number of benzene rings is 5. The van der Waals surface area contributed by atoms with Crippen molar-refractivity contribution in [3.8, 4) is 5.75 Å². The van der Waals surface area contributed by atoms with Gasteiger partial charge in [0.1, 0.15) is 5.75 Å². The first-order valence-electron chi connectivity index (χ1n) is 7.77. The molecule has 5 rings (SSSR count). The van der Waals surface area contributed by atoms with Crippen LogP contribution in [-0.4, -0.2) is 6.61 Å². The second-order valence-electron chi connectivity index (χ2n) is 5.93. The number of halogens is 2. The minimum atomic E-state index is -2.85. The van der Waals surface area contributed by atoms with Crippen LogP contribution in [0.2, 0.25) is 0 Å². The molecule has 24 heavy (non-hydrogen) atoms. The maximum atomic E-state index is 12.9. The smallest absolute Gasteiger partial charge is 0.387 e. The zero-order valence-electron chi connectivity index (χ0n) is 12.6. The fraction of sp³-hybridized carbons (Fsp3) is 0.0476. The molecule has 0 saturated carbocycles. The van der Waals surface area contributed by atoms with Gasteiger partial charge in [-0.25, -0.2) is 0 Å². The molecule has 116 valence electrons. The second-order valence-corrected chi connectivity index (χ2v) is 5.93. The first-order chi connectivity index (χ1) is 11.7. The molecule has 3 heteroatoms. The van der Waals surface area contributed by atoms with Crippen LogP contribution in [0.4, 0.5) is 8.78 Å². The first kappa shape index (κ1) is 13.5. The van der Waals surface area contributed by atoms with Crippen LogP contribution in [0.25, 0.3) is 43.1 Å². The summed E-state index contributed by atoms with van der Waals surface area (Å²) in [6, 6.07) is 21.7. The lowest BCUT2D eigenvalue weighted by molar-refractivity contribution is -0.0487. The molecule has 0 bridgehead atoms. The van der Waals surface area contributed by atoms with Crippen molar-refractivity contribution in [3.63, 3.8) is 0 Å². The summed E-state index contributed by atoms with van der Waals surface area (Å²) in [7, 11) is 0. The van der Waals surface area contributed by atoms with E-state index in [0.717, 1.165) is 43.1 Å². The number of fused-ring (bicyclic) bond motifs is 3. The van der Waals surface area contributed by atoms with Crippen LogP contribution in [0.1, 0.15) is 0 Å². The topological polar surface area (TPSA) is 9.23 Å². The summed E-state index contributed by atoms with van der Waals surface area (Å²) in [6.45, 7) is -2.85. The van der Waals surface area contributed by atoms with E-state index in [4.69, 9.17) is 4.74 Å². The third-order valence-corrected chi connectivity index (χ3v) is 4.69. The molecule has 0 fully saturated rings. The van der Waals surface area contributed by atoms with E-state index in [9.17, 15) is 8.78 Å². The van der Waals surface area contributed by atoms with Gasteiger partial charge in [0, 0.05) is 10.8 Å². The van der Waals surface area contributed by atoms with Crippen molar-refractivity contribution in [1.29, 1.82) is 0 Å². The third-order valence-electron chi connectivity index (χ3n) is 4.69. The van der Waals surface area contributed by atoms with Gasteiger partial charge < -0.3 is 4.74 Å². The fourth-order valence-corrected chi connectivity index (χ4v) is 3.80. The monoisotopic (exact) mass is 318 g/mol. The van der Waals surface area contributed by atoms with Crippen molar-refractivity contribution >= 4 is 43.1 Å². The standard InChI is InChI=1S/C21H12F2O/c22-21(23)24-17-11-10-13-9-8-12-4-3-7-15-14-5-1-2-6-16(14)20(17)19(13)18(12)15/h1-11,21H. The normalized spacial score (nSPS) is 12.1. The van der Waals surface area contributed by atoms with E-state index in [2.05, 4.69) is 18.2 Å². The Kier molecular flexibility index (Phi) is 2.69. The molecule has 0 aromatic heterocycles. The molecular weight excluding hydrogens is 306 g/mol. The van der Waals surface area contributed by atoms with Gasteiger partial charge in [-0.15, -0.1) is 0 Å². The highest BCUT2D eigenvalue weighted by molar-refractivity contribution is 6.34. The van der Waals surface area contributed by atoms with Crippen molar-refractivity contribution in [2.45, 2.75) is 6.61 Å². The van der Waals surface area contributed by atoms with Gasteiger partial charge in [-0.1, -0.05) is 60.7 Å². The molecule has 0 radical (unpaired) electrons. The highest BCUT2D eigenvalue weighted by Gasteiger charge is 2.17. The predicted octanol–water partition coefficient (Wildman–Crippen LogP) is 6.34. The Morgan fingerprint density at radius 1 is 0.583 bits per heavy atom. The van der Waals surface area contributed by atoms with Gasteiger partial charge in [0.05, 0.1) is 0 Å². The molecule has 5 aromatic carbocycles. The van der Waals surface area contributed by atoms with E-state index in [0.29, 0.717) is 0 Å². The van der Waals surface area contributed by atoms with Crippen molar-refractivity contribution in [2.75, 3.05) is 0 Å². The lowest BCUT2D eigenvalue weighted by Crippen LogP contribution is -2.02. The van der Waals surface area contributed by atoms with Gasteiger partial charge in [0.2, 0.25) is 0 Å². The van der Waals surface area contributed by atoms with Gasteiger partial charge in [0.25, 0.3) is 0 Å². The summed E-state index contributed by atoms with van der Waals surface area (Å²) in [5.41, 5.74) is 0. The maximum absolute atomic E-state index is 12.9. The molecule has 0 N–H and O–H groups in total. The molecule has 0 spiro atoms.